The minimum absolute atomic E-state index is 0.0981. The zero-order valence-electron chi connectivity index (χ0n) is 17.3. The molecule has 0 aromatic heterocycles. The number of esters is 1. The molecular formula is C24H36O3. The Morgan fingerprint density at radius 3 is 2.59 bits per heavy atom. The highest BCUT2D eigenvalue weighted by Crippen LogP contribution is 2.70. The molecule has 4 fully saturated rings. The molecule has 2 unspecified atom stereocenters. The predicted octanol–water partition coefficient (Wildman–Crippen LogP) is 4.88. The molecule has 5 rings (SSSR count). The van der Waals surface area contributed by atoms with Crippen molar-refractivity contribution >= 4 is 5.97 Å². The lowest BCUT2D eigenvalue weighted by Gasteiger charge is -2.63. The third-order valence-electron chi connectivity index (χ3n) is 10.2. The Morgan fingerprint density at radius 1 is 1.04 bits per heavy atom. The van der Waals surface area contributed by atoms with E-state index in [2.05, 4.69) is 20.8 Å². The molecule has 27 heavy (non-hydrogen) atoms. The fraction of sp³-hybridized carbons (Fsp3) is 0.875. The minimum atomic E-state index is -0.565. The monoisotopic (exact) mass is 372 g/mol. The van der Waals surface area contributed by atoms with Gasteiger partial charge in [-0.1, -0.05) is 27.2 Å². The first-order chi connectivity index (χ1) is 12.8. The van der Waals surface area contributed by atoms with E-state index in [4.69, 9.17) is 4.74 Å². The molecule has 1 heterocycles. The van der Waals surface area contributed by atoms with Crippen molar-refractivity contribution in [2.24, 2.45) is 40.4 Å². The topological polar surface area (TPSA) is 46.5 Å². The molecule has 4 aliphatic carbocycles. The van der Waals surface area contributed by atoms with Crippen LogP contribution in [-0.4, -0.2) is 23.3 Å². The van der Waals surface area contributed by atoms with Crippen molar-refractivity contribution in [1.29, 1.82) is 0 Å². The number of cyclic esters (lactones) is 1. The van der Waals surface area contributed by atoms with Crippen molar-refractivity contribution in [3.63, 3.8) is 0 Å². The largest absolute Gasteiger partial charge is 0.458 e. The molecule has 4 saturated carbocycles. The van der Waals surface area contributed by atoms with E-state index in [-0.39, 0.29) is 11.4 Å². The van der Waals surface area contributed by atoms with E-state index in [0.29, 0.717) is 29.8 Å². The molecule has 1 aliphatic heterocycles. The molecule has 150 valence electrons. The lowest BCUT2D eigenvalue weighted by atomic mass is 9.43. The van der Waals surface area contributed by atoms with Crippen molar-refractivity contribution in [3.8, 4) is 0 Å². The molecule has 0 radical (unpaired) electrons. The average Bonchev–Trinajstić information content (AvgIpc) is 3.16. The second kappa shape index (κ2) is 5.84. The highest BCUT2D eigenvalue weighted by molar-refractivity contribution is 5.85. The minimum Gasteiger partial charge on any atom is -0.458 e. The Kier molecular flexibility index (Phi) is 3.94. The maximum absolute atomic E-state index is 12.2. The summed E-state index contributed by atoms with van der Waals surface area (Å²) in [5, 5.41) is 12.2. The SMILES string of the molecule is C[C@H]1CC[C@]2(C)C3CC[C@]4(C)[C@@H](C5=CC(=O)OC5)CC[C@]4(O)C3CC[C@@H]2C1. The Balaban J connectivity index is 1.47. The molecule has 0 saturated heterocycles. The zero-order chi connectivity index (χ0) is 19.0. The van der Waals surface area contributed by atoms with Crippen LogP contribution >= 0.6 is 0 Å². The third-order valence-corrected chi connectivity index (χ3v) is 10.2. The van der Waals surface area contributed by atoms with Gasteiger partial charge >= 0.3 is 5.97 Å². The van der Waals surface area contributed by atoms with Crippen LogP contribution in [0.2, 0.25) is 0 Å². The summed E-state index contributed by atoms with van der Waals surface area (Å²) < 4.78 is 5.23. The van der Waals surface area contributed by atoms with Crippen molar-refractivity contribution in [3.05, 3.63) is 11.6 Å². The van der Waals surface area contributed by atoms with E-state index in [9.17, 15) is 9.90 Å². The first-order valence-electron chi connectivity index (χ1n) is 11.4. The van der Waals surface area contributed by atoms with Gasteiger partial charge in [-0.25, -0.2) is 4.79 Å². The smallest absolute Gasteiger partial charge is 0.331 e. The van der Waals surface area contributed by atoms with E-state index in [0.717, 1.165) is 36.7 Å². The van der Waals surface area contributed by atoms with Crippen molar-refractivity contribution in [2.45, 2.75) is 84.2 Å². The van der Waals surface area contributed by atoms with Crippen LogP contribution in [0.15, 0.2) is 11.6 Å². The first-order valence-corrected chi connectivity index (χ1v) is 11.4. The van der Waals surface area contributed by atoms with Gasteiger partial charge in [-0.3, -0.25) is 0 Å². The maximum atomic E-state index is 12.2. The quantitative estimate of drug-likeness (QED) is 0.667. The Hall–Kier alpha value is -0.830. The number of carbonyl (C=O) groups excluding carboxylic acids is 1. The predicted molar refractivity (Wildman–Crippen MR) is 105 cm³/mol. The Morgan fingerprint density at radius 2 is 1.85 bits per heavy atom. The first kappa shape index (κ1) is 18.2. The van der Waals surface area contributed by atoms with E-state index in [1.54, 1.807) is 6.08 Å². The molecule has 3 heteroatoms. The number of fused-ring (bicyclic) bond motifs is 5. The lowest BCUT2D eigenvalue weighted by Crippen LogP contribution is -2.62. The van der Waals surface area contributed by atoms with Crippen LogP contribution in [0.1, 0.15) is 78.6 Å². The highest BCUT2D eigenvalue weighted by atomic mass is 16.5. The van der Waals surface area contributed by atoms with Gasteiger partial charge in [-0.2, -0.15) is 0 Å². The summed E-state index contributed by atoms with van der Waals surface area (Å²) in [6.07, 6.45) is 12.6. The summed E-state index contributed by atoms with van der Waals surface area (Å²) in [5.74, 6) is 2.97. The van der Waals surface area contributed by atoms with Crippen molar-refractivity contribution in [1.82, 2.24) is 0 Å². The number of hydrogen-bond acceptors (Lipinski definition) is 3. The lowest BCUT2D eigenvalue weighted by molar-refractivity contribution is -0.205. The molecule has 8 atom stereocenters. The van der Waals surface area contributed by atoms with E-state index >= 15 is 0 Å². The van der Waals surface area contributed by atoms with Crippen LogP contribution in [0.5, 0.6) is 0 Å². The summed E-state index contributed by atoms with van der Waals surface area (Å²) >= 11 is 0. The second-order valence-corrected chi connectivity index (χ2v) is 11.2. The van der Waals surface area contributed by atoms with Crippen LogP contribution in [-0.2, 0) is 9.53 Å². The van der Waals surface area contributed by atoms with Crippen LogP contribution in [0.25, 0.3) is 0 Å². The third kappa shape index (κ3) is 2.33. The van der Waals surface area contributed by atoms with E-state index in [1.165, 1.54) is 38.5 Å². The molecule has 0 amide bonds. The molecule has 0 bridgehead atoms. The summed E-state index contributed by atoms with van der Waals surface area (Å²) in [6.45, 7) is 7.76. The van der Waals surface area contributed by atoms with Gasteiger partial charge in [0.05, 0.1) is 5.60 Å². The number of ether oxygens (including phenoxy) is 1. The molecule has 0 aromatic carbocycles. The molecule has 1 N–H and O–H groups in total. The van der Waals surface area contributed by atoms with Gasteiger partial charge in [0.25, 0.3) is 0 Å². The number of aliphatic hydroxyl groups is 1. The molecular weight excluding hydrogens is 336 g/mol. The van der Waals surface area contributed by atoms with Gasteiger partial charge in [0.1, 0.15) is 6.61 Å². The molecule has 3 nitrogen and oxygen atoms in total. The highest BCUT2D eigenvalue weighted by Gasteiger charge is 2.67. The fourth-order valence-corrected chi connectivity index (χ4v) is 8.62. The standard InChI is InChI=1S/C24H36O3/c1-15-6-9-22(2)17(12-15)4-5-20-19(22)7-10-23(3)18(8-11-24(20,23)26)16-13-21(25)27-14-16/h13,15,17-20,26H,4-12,14H2,1-3H3/t15-,17+,18+,19?,20?,22-,23+,24-/m0/s1. The van der Waals surface area contributed by atoms with Crippen LogP contribution in [0, 0.1) is 40.4 Å². The molecule has 0 spiro atoms. The summed E-state index contributed by atoms with van der Waals surface area (Å²) in [5.41, 5.74) is 0.905. The summed E-state index contributed by atoms with van der Waals surface area (Å²) in [6, 6.07) is 0. The van der Waals surface area contributed by atoms with E-state index < -0.39 is 5.60 Å². The number of rotatable bonds is 1. The maximum Gasteiger partial charge on any atom is 0.331 e. The average molecular weight is 373 g/mol. The van der Waals surface area contributed by atoms with Gasteiger partial charge < -0.3 is 9.84 Å². The fourth-order valence-electron chi connectivity index (χ4n) is 8.62. The molecule has 5 aliphatic rings. The Bertz CT molecular complexity index is 683. The van der Waals surface area contributed by atoms with E-state index in [1.807, 2.05) is 0 Å². The van der Waals surface area contributed by atoms with Crippen LogP contribution in [0.3, 0.4) is 0 Å². The second-order valence-electron chi connectivity index (χ2n) is 11.2. The van der Waals surface area contributed by atoms with Crippen LogP contribution in [0.4, 0.5) is 0 Å². The van der Waals surface area contributed by atoms with Gasteiger partial charge in [0, 0.05) is 11.5 Å². The summed E-state index contributed by atoms with van der Waals surface area (Å²) in [4.78, 5) is 11.6. The number of hydrogen-bond donors (Lipinski definition) is 1. The van der Waals surface area contributed by atoms with Gasteiger partial charge in [-0.15, -0.1) is 0 Å². The van der Waals surface area contributed by atoms with Crippen LogP contribution < -0.4 is 0 Å². The van der Waals surface area contributed by atoms with Gasteiger partial charge in [0.2, 0.25) is 0 Å². The van der Waals surface area contributed by atoms with Gasteiger partial charge in [-0.05, 0) is 91.9 Å². The molecule has 0 aromatic rings. The van der Waals surface area contributed by atoms with Crippen molar-refractivity contribution < 1.29 is 14.6 Å². The van der Waals surface area contributed by atoms with Crippen molar-refractivity contribution in [2.75, 3.05) is 6.61 Å². The summed E-state index contributed by atoms with van der Waals surface area (Å²) in [7, 11) is 0. The van der Waals surface area contributed by atoms with Gasteiger partial charge in [0.15, 0.2) is 0 Å². The normalized spacial score (nSPS) is 54.6. The Labute approximate surface area is 163 Å². The zero-order valence-corrected chi connectivity index (χ0v) is 17.3. The number of carbonyl (C=O) groups is 1.